The Bertz CT molecular complexity index is 1270. The highest BCUT2D eigenvalue weighted by molar-refractivity contribution is 6.10. The molecule has 3 heterocycles. The van der Waals surface area contributed by atoms with Crippen molar-refractivity contribution in [3.63, 3.8) is 0 Å². The Labute approximate surface area is 168 Å². The Morgan fingerprint density at radius 2 is 2.00 bits per heavy atom. The molecule has 1 saturated heterocycles. The molecule has 152 valence electrons. The lowest BCUT2D eigenvalue weighted by Gasteiger charge is -2.26. The van der Waals surface area contributed by atoms with E-state index >= 15 is 0 Å². The third-order valence-electron chi connectivity index (χ3n) is 4.80. The molecule has 1 aromatic heterocycles. The van der Waals surface area contributed by atoms with Gasteiger partial charge in [0, 0.05) is 18.3 Å². The standard InChI is InChI=1S/C19H15N5O6/c1-30-12-3-2-11-8-24(15(26)13(11)6-12)9-19(16(27)22-18(29)23-19)5-4-10-7-20-17(28)21-14(10)25/h2-3,6-7H,8-9H2,1H3,(H2,20,21,25,28)(H2,22,23,27,29)/t19-/m1/s1. The summed E-state index contributed by atoms with van der Waals surface area (Å²) in [5.74, 6) is 4.52. The van der Waals surface area contributed by atoms with Crippen molar-refractivity contribution in [1.29, 1.82) is 0 Å². The lowest BCUT2D eigenvalue weighted by molar-refractivity contribution is -0.122. The van der Waals surface area contributed by atoms with Crippen molar-refractivity contribution in [1.82, 2.24) is 25.5 Å². The number of carbonyl (C=O) groups excluding carboxylic acids is 3. The summed E-state index contributed by atoms with van der Waals surface area (Å²) in [5, 5.41) is 4.54. The van der Waals surface area contributed by atoms with Gasteiger partial charge in [0.1, 0.15) is 11.3 Å². The Kier molecular flexibility index (Phi) is 4.39. The molecule has 2 aliphatic heterocycles. The van der Waals surface area contributed by atoms with Crippen LogP contribution in [-0.2, 0) is 11.3 Å². The van der Waals surface area contributed by atoms with Crippen LogP contribution in [0, 0.1) is 11.8 Å². The Hall–Kier alpha value is -4.33. The first-order valence-electron chi connectivity index (χ1n) is 8.76. The molecule has 11 nitrogen and oxygen atoms in total. The van der Waals surface area contributed by atoms with Gasteiger partial charge in [-0.05, 0) is 17.7 Å². The van der Waals surface area contributed by atoms with Gasteiger partial charge in [0.15, 0.2) is 0 Å². The number of amides is 4. The SMILES string of the molecule is COc1ccc2c(c1)C(=O)N(C[C@@]1(C#Cc3c[nH]c(=O)[nH]c3=O)NC(=O)NC1=O)C2. The highest BCUT2D eigenvalue weighted by Crippen LogP contribution is 2.28. The van der Waals surface area contributed by atoms with Gasteiger partial charge in [0.25, 0.3) is 17.4 Å². The average Bonchev–Trinajstić information content (AvgIpc) is 3.16. The third-order valence-corrected chi connectivity index (χ3v) is 4.80. The summed E-state index contributed by atoms with van der Waals surface area (Å²) in [5.41, 5.74) is -2.15. The summed E-state index contributed by atoms with van der Waals surface area (Å²) in [7, 11) is 1.49. The number of nitrogens with one attached hydrogen (secondary N) is 4. The van der Waals surface area contributed by atoms with Crippen molar-refractivity contribution in [3.8, 4) is 17.6 Å². The van der Waals surface area contributed by atoms with E-state index in [4.69, 9.17) is 4.74 Å². The summed E-state index contributed by atoms with van der Waals surface area (Å²) in [6.07, 6.45) is 1.10. The number of hydrogen-bond acceptors (Lipinski definition) is 6. The Morgan fingerprint density at radius 1 is 1.20 bits per heavy atom. The second kappa shape index (κ2) is 6.93. The minimum absolute atomic E-state index is 0.108. The van der Waals surface area contributed by atoms with E-state index in [0.717, 1.165) is 11.8 Å². The molecule has 2 aromatic rings. The number of methoxy groups -OCH3 is 1. The molecule has 11 heteroatoms. The molecule has 2 aliphatic rings. The Balaban J connectivity index is 1.68. The van der Waals surface area contributed by atoms with Crippen molar-refractivity contribution in [2.75, 3.05) is 13.7 Å². The number of rotatable bonds is 3. The van der Waals surface area contributed by atoms with Crippen molar-refractivity contribution >= 4 is 17.8 Å². The fourth-order valence-electron chi connectivity index (χ4n) is 3.29. The first-order chi connectivity index (χ1) is 14.3. The number of urea groups is 1. The van der Waals surface area contributed by atoms with E-state index in [1.165, 1.54) is 12.0 Å². The number of carbonyl (C=O) groups is 3. The maximum Gasteiger partial charge on any atom is 0.325 e. The van der Waals surface area contributed by atoms with Crippen LogP contribution in [0.2, 0.25) is 0 Å². The van der Waals surface area contributed by atoms with Gasteiger partial charge in [0.2, 0.25) is 5.54 Å². The summed E-state index contributed by atoms with van der Waals surface area (Å²) < 4.78 is 5.14. The van der Waals surface area contributed by atoms with E-state index in [0.29, 0.717) is 11.3 Å². The third kappa shape index (κ3) is 3.20. The molecule has 0 saturated carbocycles. The largest absolute Gasteiger partial charge is 0.497 e. The minimum atomic E-state index is -1.76. The zero-order valence-electron chi connectivity index (χ0n) is 15.6. The number of aromatic amines is 2. The molecule has 0 unspecified atom stereocenters. The lowest BCUT2D eigenvalue weighted by atomic mass is 9.99. The molecule has 0 aliphatic carbocycles. The molecule has 30 heavy (non-hydrogen) atoms. The highest BCUT2D eigenvalue weighted by Gasteiger charge is 2.48. The fourth-order valence-corrected chi connectivity index (χ4v) is 3.29. The molecule has 0 bridgehead atoms. The second-order valence-electron chi connectivity index (χ2n) is 6.73. The van der Waals surface area contributed by atoms with E-state index in [1.807, 2.05) is 4.98 Å². The number of nitrogens with zero attached hydrogens (tertiary/aromatic N) is 1. The van der Waals surface area contributed by atoms with Gasteiger partial charge in [-0.1, -0.05) is 17.9 Å². The van der Waals surface area contributed by atoms with Crippen LogP contribution in [0.1, 0.15) is 21.5 Å². The molecule has 1 fully saturated rings. The molecule has 1 atom stereocenters. The van der Waals surface area contributed by atoms with Crippen LogP contribution < -0.4 is 26.6 Å². The molecular formula is C19H15N5O6. The number of H-pyrrole nitrogens is 2. The molecule has 1 aromatic carbocycles. The smallest absolute Gasteiger partial charge is 0.325 e. The fraction of sp³-hybridized carbons (Fsp3) is 0.211. The van der Waals surface area contributed by atoms with E-state index in [9.17, 15) is 24.0 Å². The predicted octanol–water partition coefficient (Wildman–Crippen LogP) is -1.34. The van der Waals surface area contributed by atoms with Crippen molar-refractivity contribution in [2.45, 2.75) is 12.1 Å². The summed E-state index contributed by atoms with van der Waals surface area (Å²) in [4.78, 5) is 65.8. The van der Waals surface area contributed by atoms with Crippen molar-refractivity contribution in [2.24, 2.45) is 0 Å². The molecule has 4 rings (SSSR count). The first-order valence-corrected chi connectivity index (χ1v) is 8.76. The molecule has 4 N–H and O–H groups in total. The second-order valence-corrected chi connectivity index (χ2v) is 6.73. The van der Waals surface area contributed by atoms with Gasteiger partial charge >= 0.3 is 11.7 Å². The van der Waals surface area contributed by atoms with E-state index in [2.05, 4.69) is 27.5 Å². The monoisotopic (exact) mass is 409 g/mol. The van der Waals surface area contributed by atoms with Crippen LogP contribution in [0.5, 0.6) is 5.75 Å². The molecule has 0 spiro atoms. The van der Waals surface area contributed by atoms with Crippen molar-refractivity contribution in [3.05, 3.63) is 61.9 Å². The van der Waals surface area contributed by atoms with Gasteiger partial charge in [-0.2, -0.15) is 0 Å². The van der Waals surface area contributed by atoms with E-state index in [1.54, 1.807) is 18.2 Å². The summed E-state index contributed by atoms with van der Waals surface area (Å²) >= 11 is 0. The number of aromatic nitrogens is 2. The van der Waals surface area contributed by atoms with Crippen LogP contribution in [0.25, 0.3) is 0 Å². The minimum Gasteiger partial charge on any atom is -0.497 e. The maximum absolute atomic E-state index is 12.8. The van der Waals surface area contributed by atoms with Crippen LogP contribution >= 0.6 is 0 Å². The molecule has 4 amide bonds. The van der Waals surface area contributed by atoms with E-state index < -0.39 is 28.7 Å². The van der Waals surface area contributed by atoms with Crippen LogP contribution in [0.15, 0.2) is 34.0 Å². The van der Waals surface area contributed by atoms with Crippen LogP contribution in [0.3, 0.4) is 0 Å². The predicted molar refractivity (Wildman–Crippen MR) is 102 cm³/mol. The van der Waals surface area contributed by atoms with Gasteiger partial charge < -0.3 is 19.9 Å². The molecular weight excluding hydrogens is 394 g/mol. The zero-order valence-corrected chi connectivity index (χ0v) is 15.6. The highest BCUT2D eigenvalue weighted by atomic mass is 16.5. The molecule has 0 radical (unpaired) electrons. The van der Waals surface area contributed by atoms with E-state index in [-0.39, 0.29) is 24.6 Å². The van der Waals surface area contributed by atoms with Gasteiger partial charge in [0.05, 0.1) is 13.7 Å². The lowest BCUT2D eigenvalue weighted by Crippen LogP contribution is -2.54. The van der Waals surface area contributed by atoms with Gasteiger partial charge in [-0.25, -0.2) is 9.59 Å². The van der Waals surface area contributed by atoms with Gasteiger partial charge in [-0.3, -0.25) is 24.7 Å². The van der Waals surface area contributed by atoms with Crippen molar-refractivity contribution < 1.29 is 19.1 Å². The van der Waals surface area contributed by atoms with Crippen LogP contribution in [-0.4, -0.2) is 51.9 Å². The number of imide groups is 1. The number of ether oxygens (including phenoxy) is 1. The topological polar surface area (TPSA) is 153 Å². The first kappa shape index (κ1) is 19.0. The average molecular weight is 409 g/mol. The quantitative estimate of drug-likeness (QED) is 0.363. The summed E-state index contributed by atoms with van der Waals surface area (Å²) in [6.45, 7) is -0.0291. The summed E-state index contributed by atoms with van der Waals surface area (Å²) in [6, 6.07) is 4.30. The number of fused-ring (bicyclic) bond motifs is 1. The number of hydrogen-bond donors (Lipinski definition) is 4. The normalized spacial score (nSPS) is 19.6. The maximum atomic E-state index is 12.8. The zero-order chi connectivity index (χ0) is 21.5. The van der Waals surface area contributed by atoms with Gasteiger partial charge in [-0.15, -0.1) is 0 Å². The number of benzene rings is 1. The Morgan fingerprint density at radius 3 is 2.67 bits per heavy atom. The van der Waals surface area contributed by atoms with Crippen LogP contribution in [0.4, 0.5) is 4.79 Å².